The number of nitrogens with one attached hydrogen (secondary N) is 1. The van der Waals surface area contributed by atoms with Gasteiger partial charge < -0.3 is 9.84 Å². The van der Waals surface area contributed by atoms with Gasteiger partial charge in [0.05, 0.1) is 11.3 Å². The number of nitrogens with zero attached hydrogens (tertiary/aromatic N) is 2. The van der Waals surface area contributed by atoms with E-state index in [2.05, 4.69) is 38.0 Å². The summed E-state index contributed by atoms with van der Waals surface area (Å²) < 4.78 is 6.48. The van der Waals surface area contributed by atoms with E-state index in [-0.39, 0.29) is 11.8 Å². The van der Waals surface area contributed by atoms with Crippen LogP contribution >= 0.6 is 22.6 Å². The van der Waals surface area contributed by atoms with Gasteiger partial charge in [-0.05, 0) is 65.4 Å². The van der Waals surface area contributed by atoms with Crippen molar-refractivity contribution in [3.63, 3.8) is 0 Å². The monoisotopic (exact) mass is 447 g/mol. The number of aromatic nitrogens is 2. The van der Waals surface area contributed by atoms with Crippen LogP contribution in [-0.2, 0) is 0 Å². The summed E-state index contributed by atoms with van der Waals surface area (Å²) in [5.41, 5.74) is 2.94. The Labute approximate surface area is 160 Å². The summed E-state index contributed by atoms with van der Waals surface area (Å²) in [5, 5.41) is 6.99. The molecule has 0 spiro atoms. The van der Waals surface area contributed by atoms with Crippen LogP contribution in [0.4, 0.5) is 5.69 Å². The Balaban J connectivity index is 1.95. The molecule has 3 aromatic rings. The molecule has 0 atom stereocenters. The smallest absolute Gasteiger partial charge is 0.260 e. The number of rotatable bonds is 4. The Bertz CT molecular complexity index is 901. The predicted molar refractivity (Wildman–Crippen MR) is 106 cm³/mol. The van der Waals surface area contributed by atoms with Crippen molar-refractivity contribution >= 4 is 34.2 Å². The van der Waals surface area contributed by atoms with Gasteiger partial charge >= 0.3 is 0 Å². The summed E-state index contributed by atoms with van der Waals surface area (Å²) in [7, 11) is 0. The summed E-state index contributed by atoms with van der Waals surface area (Å²) in [5.74, 6) is 1.06. The number of benzene rings is 2. The first kappa shape index (κ1) is 17.6. The maximum absolute atomic E-state index is 12.6. The third kappa shape index (κ3) is 3.89. The van der Waals surface area contributed by atoms with E-state index in [1.54, 1.807) is 12.1 Å². The van der Waals surface area contributed by atoms with Crippen molar-refractivity contribution in [1.29, 1.82) is 0 Å². The molecule has 6 heteroatoms. The van der Waals surface area contributed by atoms with E-state index in [9.17, 15) is 4.79 Å². The molecule has 0 saturated heterocycles. The van der Waals surface area contributed by atoms with E-state index in [0.29, 0.717) is 23.0 Å². The van der Waals surface area contributed by atoms with Crippen LogP contribution in [0.5, 0.6) is 0 Å². The third-order valence-corrected chi connectivity index (χ3v) is 4.53. The lowest BCUT2D eigenvalue weighted by molar-refractivity contribution is 0.102. The molecule has 0 saturated carbocycles. The number of halogens is 1. The number of carbonyl (C=O) groups excluding carboxylic acids is 1. The molecule has 0 fully saturated rings. The second kappa shape index (κ2) is 7.35. The quantitative estimate of drug-likeness (QED) is 0.570. The minimum absolute atomic E-state index is 0.171. The molecule has 0 unspecified atom stereocenters. The van der Waals surface area contributed by atoms with Gasteiger partial charge in [-0.1, -0.05) is 31.1 Å². The predicted octanol–water partition coefficient (Wildman–Crippen LogP) is 5.03. The molecular weight excluding hydrogens is 429 g/mol. The van der Waals surface area contributed by atoms with Gasteiger partial charge in [-0.25, -0.2) is 0 Å². The number of hydrogen-bond acceptors (Lipinski definition) is 4. The highest BCUT2D eigenvalue weighted by Gasteiger charge is 2.18. The van der Waals surface area contributed by atoms with E-state index >= 15 is 0 Å². The Morgan fingerprint density at radius 1 is 1.16 bits per heavy atom. The largest absolute Gasteiger partial charge is 0.334 e. The minimum Gasteiger partial charge on any atom is -0.334 e. The van der Waals surface area contributed by atoms with E-state index in [0.717, 1.165) is 14.7 Å². The van der Waals surface area contributed by atoms with Crippen LogP contribution in [0.1, 0.15) is 41.5 Å². The summed E-state index contributed by atoms with van der Waals surface area (Å²) in [6, 6.07) is 13.1. The maximum atomic E-state index is 12.6. The number of anilines is 1. The molecule has 3 rings (SSSR count). The van der Waals surface area contributed by atoms with Gasteiger partial charge in [-0.15, -0.1) is 0 Å². The summed E-state index contributed by atoms with van der Waals surface area (Å²) in [6.45, 7) is 5.95. The second-order valence-electron chi connectivity index (χ2n) is 6.07. The molecule has 0 aliphatic rings. The Hall–Kier alpha value is -2.22. The van der Waals surface area contributed by atoms with Crippen LogP contribution in [0.15, 0.2) is 47.0 Å². The summed E-state index contributed by atoms with van der Waals surface area (Å²) in [4.78, 5) is 17.0. The van der Waals surface area contributed by atoms with Crippen molar-refractivity contribution in [3.05, 3.63) is 63.0 Å². The molecule has 0 bridgehead atoms. The van der Waals surface area contributed by atoms with Crippen molar-refractivity contribution in [3.8, 4) is 11.5 Å². The molecule has 1 aromatic heterocycles. The van der Waals surface area contributed by atoms with Crippen LogP contribution in [0.3, 0.4) is 0 Å². The SMILES string of the molecule is Cc1cccc(-c2nc(C(C)C)no2)c1NC(=O)c1ccc(I)cc1. The molecule has 0 aliphatic heterocycles. The van der Waals surface area contributed by atoms with Crippen LogP contribution in [0.2, 0.25) is 0 Å². The van der Waals surface area contributed by atoms with Gasteiger partial charge in [-0.2, -0.15) is 4.98 Å². The number of hydrogen-bond donors (Lipinski definition) is 1. The van der Waals surface area contributed by atoms with E-state index in [4.69, 9.17) is 4.52 Å². The summed E-state index contributed by atoms with van der Waals surface area (Å²) in [6.07, 6.45) is 0. The van der Waals surface area contributed by atoms with Crippen molar-refractivity contribution in [2.45, 2.75) is 26.7 Å². The van der Waals surface area contributed by atoms with Gasteiger partial charge in [0.25, 0.3) is 11.8 Å². The topological polar surface area (TPSA) is 68.0 Å². The van der Waals surface area contributed by atoms with Gasteiger partial charge in [-0.3, -0.25) is 4.79 Å². The standard InChI is InChI=1S/C19H18IN3O2/c1-11(2)17-22-19(25-23-17)15-6-4-5-12(3)16(15)21-18(24)13-7-9-14(20)10-8-13/h4-11H,1-3H3,(H,21,24). The molecule has 128 valence electrons. The number of amides is 1. The van der Waals surface area contributed by atoms with Crippen molar-refractivity contribution < 1.29 is 9.32 Å². The fraction of sp³-hybridized carbons (Fsp3) is 0.211. The van der Waals surface area contributed by atoms with Crippen molar-refractivity contribution in [2.75, 3.05) is 5.32 Å². The van der Waals surface area contributed by atoms with Crippen LogP contribution in [0.25, 0.3) is 11.5 Å². The van der Waals surface area contributed by atoms with E-state index in [1.807, 2.05) is 51.1 Å². The normalized spacial score (nSPS) is 10.9. The first-order valence-electron chi connectivity index (χ1n) is 7.96. The Morgan fingerprint density at radius 2 is 1.88 bits per heavy atom. The van der Waals surface area contributed by atoms with E-state index < -0.39 is 0 Å². The van der Waals surface area contributed by atoms with Gasteiger partial charge in [0.2, 0.25) is 0 Å². The fourth-order valence-electron chi connectivity index (χ4n) is 2.38. The zero-order valence-electron chi connectivity index (χ0n) is 14.2. The number of aryl methyl sites for hydroxylation is 1. The minimum atomic E-state index is -0.171. The first-order valence-corrected chi connectivity index (χ1v) is 9.04. The zero-order valence-corrected chi connectivity index (χ0v) is 16.4. The third-order valence-electron chi connectivity index (χ3n) is 3.81. The highest BCUT2D eigenvalue weighted by Crippen LogP contribution is 2.31. The molecule has 0 radical (unpaired) electrons. The second-order valence-corrected chi connectivity index (χ2v) is 7.32. The van der Waals surface area contributed by atoms with Crippen molar-refractivity contribution in [2.24, 2.45) is 0 Å². The average Bonchev–Trinajstić information content (AvgIpc) is 3.07. The molecular formula is C19H18IN3O2. The highest BCUT2D eigenvalue weighted by molar-refractivity contribution is 14.1. The average molecular weight is 447 g/mol. The van der Waals surface area contributed by atoms with E-state index in [1.165, 1.54) is 0 Å². The molecule has 0 aliphatic carbocycles. The van der Waals surface area contributed by atoms with Crippen LogP contribution < -0.4 is 5.32 Å². The zero-order chi connectivity index (χ0) is 18.0. The maximum Gasteiger partial charge on any atom is 0.260 e. The lowest BCUT2D eigenvalue weighted by atomic mass is 10.1. The number of para-hydroxylation sites is 1. The van der Waals surface area contributed by atoms with Crippen LogP contribution in [0, 0.1) is 10.5 Å². The molecule has 1 N–H and O–H groups in total. The van der Waals surface area contributed by atoms with Crippen LogP contribution in [-0.4, -0.2) is 16.0 Å². The summed E-state index contributed by atoms with van der Waals surface area (Å²) >= 11 is 2.21. The Morgan fingerprint density at radius 3 is 2.52 bits per heavy atom. The fourth-order valence-corrected chi connectivity index (χ4v) is 2.74. The highest BCUT2D eigenvalue weighted by atomic mass is 127. The molecule has 1 heterocycles. The molecule has 1 amide bonds. The number of carbonyl (C=O) groups is 1. The Kier molecular flexibility index (Phi) is 5.17. The lowest BCUT2D eigenvalue weighted by Gasteiger charge is -2.12. The molecule has 25 heavy (non-hydrogen) atoms. The first-order chi connectivity index (χ1) is 12.0. The lowest BCUT2D eigenvalue weighted by Crippen LogP contribution is -2.13. The molecule has 2 aromatic carbocycles. The van der Waals surface area contributed by atoms with Crippen molar-refractivity contribution in [1.82, 2.24) is 10.1 Å². The van der Waals surface area contributed by atoms with Gasteiger partial charge in [0.1, 0.15) is 0 Å². The van der Waals surface area contributed by atoms with Gasteiger partial charge in [0.15, 0.2) is 5.82 Å². The van der Waals surface area contributed by atoms with Gasteiger partial charge in [0, 0.05) is 15.1 Å². The molecule has 5 nitrogen and oxygen atoms in total.